The monoisotopic (exact) mass is 315 g/mol. The van der Waals surface area contributed by atoms with Crippen molar-refractivity contribution in [2.75, 3.05) is 0 Å². The number of amides is 1. The molecule has 0 aliphatic carbocycles. The molecule has 1 rings (SSSR count). The van der Waals surface area contributed by atoms with Crippen molar-refractivity contribution in [3.63, 3.8) is 0 Å². The first-order valence-electron chi connectivity index (χ1n) is 5.13. The molecule has 0 bridgehead atoms. The topological polar surface area (TPSA) is 80.4 Å². The Balaban J connectivity index is 3.37. The van der Waals surface area contributed by atoms with E-state index in [1.54, 1.807) is 0 Å². The van der Waals surface area contributed by atoms with Crippen molar-refractivity contribution < 1.29 is 41.0 Å². The second-order valence-electron chi connectivity index (χ2n) is 3.98. The third-order valence-corrected chi connectivity index (χ3v) is 2.61. The lowest BCUT2D eigenvalue weighted by molar-refractivity contribution is -0.376. The molecule has 3 N–H and O–H groups in total. The number of aliphatic hydroxyl groups is 1. The number of primary amides is 1. The van der Waals surface area contributed by atoms with Crippen LogP contribution in [0.1, 0.15) is 15.9 Å². The standard InChI is InChI=1S/C11H7F6NO3/c12-10(13,14)9(21,11(15,16)17)6-3-1-5(2-4-6)7(19)8(18)20/h1-4,21H,(H2,18,20). The van der Waals surface area contributed by atoms with E-state index in [1.165, 1.54) is 0 Å². The van der Waals surface area contributed by atoms with Crippen LogP contribution in [0.3, 0.4) is 0 Å². The average molecular weight is 315 g/mol. The molecule has 0 radical (unpaired) electrons. The fraction of sp³-hybridized carbons (Fsp3) is 0.273. The van der Waals surface area contributed by atoms with E-state index in [4.69, 9.17) is 5.11 Å². The summed E-state index contributed by atoms with van der Waals surface area (Å²) in [5.41, 5.74) is -2.50. The van der Waals surface area contributed by atoms with Gasteiger partial charge in [0.1, 0.15) is 0 Å². The van der Waals surface area contributed by atoms with Gasteiger partial charge >= 0.3 is 12.4 Å². The van der Waals surface area contributed by atoms with Crippen molar-refractivity contribution in [3.8, 4) is 0 Å². The number of benzene rings is 1. The van der Waals surface area contributed by atoms with E-state index in [0.717, 1.165) is 0 Å². The molecule has 116 valence electrons. The smallest absolute Gasteiger partial charge is 0.369 e. The molecular weight excluding hydrogens is 308 g/mol. The third kappa shape index (κ3) is 2.84. The lowest BCUT2D eigenvalue weighted by atomic mass is 9.91. The number of hydrogen-bond donors (Lipinski definition) is 2. The normalized spacial score (nSPS) is 13.1. The van der Waals surface area contributed by atoms with Gasteiger partial charge in [0.05, 0.1) is 0 Å². The van der Waals surface area contributed by atoms with Crippen LogP contribution in [0.5, 0.6) is 0 Å². The second kappa shape index (κ2) is 5.02. The molecule has 21 heavy (non-hydrogen) atoms. The highest BCUT2D eigenvalue weighted by Gasteiger charge is 2.71. The summed E-state index contributed by atoms with van der Waals surface area (Å²) >= 11 is 0. The molecule has 0 atom stereocenters. The maximum atomic E-state index is 12.6. The number of rotatable bonds is 3. The molecule has 0 aliphatic rings. The van der Waals surface area contributed by atoms with Crippen molar-refractivity contribution in [1.29, 1.82) is 0 Å². The molecule has 10 heteroatoms. The summed E-state index contributed by atoms with van der Waals surface area (Å²) in [5.74, 6) is -2.71. The summed E-state index contributed by atoms with van der Waals surface area (Å²) in [7, 11) is 0. The lowest BCUT2D eigenvalue weighted by Crippen LogP contribution is -2.53. The van der Waals surface area contributed by atoms with Crippen molar-refractivity contribution in [3.05, 3.63) is 35.4 Å². The minimum Gasteiger partial charge on any atom is -0.369 e. The molecular formula is C11H7F6NO3. The van der Waals surface area contributed by atoms with Gasteiger partial charge < -0.3 is 10.8 Å². The summed E-state index contributed by atoms with van der Waals surface area (Å²) in [6, 6.07) is 1.56. The van der Waals surface area contributed by atoms with Gasteiger partial charge in [-0.3, -0.25) is 9.59 Å². The van der Waals surface area contributed by atoms with Crippen LogP contribution in [0.2, 0.25) is 0 Å². The van der Waals surface area contributed by atoms with E-state index in [-0.39, 0.29) is 12.1 Å². The Kier molecular flexibility index (Phi) is 4.06. The fourth-order valence-electron chi connectivity index (χ4n) is 1.49. The van der Waals surface area contributed by atoms with Gasteiger partial charge in [0.15, 0.2) is 0 Å². The Labute approximate surface area is 113 Å². The molecule has 0 heterocycles. The Bertz CT molecular complexity index is 547. The first kappa shape index (κ1) is 17.0. The van der Waals surface area contributed by atoms with Crippen LogP contribution in [0.4, 0.5) is 26.3 Å². The van der Waals surface area contributed by atoms with Gasteiger partial charge in [-0.1, -0.05) is 24.3 Å². The minimum atomic E-state index is -6.03. The number of carbonyl (C=O) groups excluding carboxylic acids is 2. The van der Waals surface area contributed by atoms with E-state index in [1.807, 2.05) is 0 Å². The van der Waals surface area contributed by atoms with Crippen LogP contribution >= 0.6 is 0 Å². The van der Waals surface area contributed by atoms with Gasteiger partial charge in [-0.15, -0.1) is 0 Å². The maximum Gasteiger partial charge on any atom is 0.430 e. The molecule has 0 saturated carbocycles. The van der Waals surface area contributed by atoms with Crippen molar-refractivity contribution >= 4 is 11.7 Å². The summed E-state index contributed by atoms with van der Waals surface area (Å²) in [5, 5.41) is 9.07. The first-order valence-corrected chi connectivity index (χ1v) is 5.13. The van der Waals surface area contributed by atoms with Crippen LogP contribution in [0, 0.1) is 0 Å². The largest absolute Gasteiger partial charge is 0.430 e. The Morgan fingerprint density at radius 1 is 0.905 bits per heavy atom. The highest BCUT2D eigenvalue weighted by molar-refractivity contribution is 6.42. The van der Waals surface area contributed by atoms with Crippen molar-refractivity contribution in [1.82, 2.24) is 0 Å². The number of halogens is 6. The Hall–Kier alpha value is -2.10. The Morgan fingerprint density at radius 2 is 1.29 bits per heavy atom. The molecule has 0 saturated heterocycles. The fourth-order valence-corrected chi connectivity index (χ4v) is 1.49. The molecule has 4 nitrogen and oxygen atoms in total. The summed E-state index contributed by atoms with van der Waals surface area (Å²) in [6.07, 6.45) is -12.1. The summed E-state index contributed by atoms with van der Waals surface area (Å²) < 4.78 is 75.4. The number of nitrogens with two attached hydrogens (primary N) is 1. The van der Waals surface area contributed by atoms with E-state index in [0.29, 0.717) is 12.1 Å². The van der Waals surface area contributed by atoms with Gasteiger partial charge in [-0.2, -0.15) is 26.3 Å². The number of carbonyl (C=O) groups is 2. The summed E-state index contributed by atoms with van der Waals surface area (Å²) in [4.78, 5) is 21.7. The van der Waals surface area contributed by atoms with Gasteiger partial charge in [0.2, 0.25) is 5.78 Å². The molecule has 0 aromatic heterocycles. The Morgan fingerprint density at radius 3 is 1.57 bits per heavy atom. The predicted molar refractivity (Wildman–Crippen MR) is 56.0 cm³/mol. The zero-order valence-corrected chi connectivity index (χ0v) is 9.92. The molecule has 0 spiro atoms. The number of alkyl halides is 6. The van der Waals surface area contributed by atoms with Crippen LogP contribution in [0.25, 0.3) is 0 Å². The summed E-state index contributed by atoms with van der Waals surface area (Å²) in [6.45, 7) is 0. The third-order valence-electron chi connectivity index (χ3n) is 2.61. The maximum absolute atomic E-state index is 12.6. The van der Waals surface area contributed by atoms with E-state index >= 15 is 0 Å². The molecule has 0 aliphatic heterocycles. The molecule has 1 aromatic rings. The predicted octanol–water partition coefficient (Wildman–Crippen LogP) is 1.67. The van der Waals surface area contributed by atoms with Crippen LogP contribution < -0.4 is 5.73 Å². The molecule has 1 amide bonds. The van der Waals surface area contributed by atoms with Gasteiger partial charge in [-0.25, -0.2) is 0 Å². The van der Waals surface area contributed by atoms with Crippen LogP contribution in [0.15, 0.2) is 24.3 Å². The number of ketones is 1. The van der Waals surface area contributed by atoms with E-state index in [2.05, 4.69) is 5.73 Å². The van der Waals surface area contributed by atoms with Gasteiger partial charge in [0, 0.05) is 11.1 Å². The number of Topliss-reactive ketones (excluding diaryl/α,β-unsaturated/α-hetero) is 1. The SMILES string of the molecule is NC(=O)C(=O)c1ccc(C(O)(C(F)(F)F)C(F)(F)F)cc1. The van der Waals surface area contributed by atoms with Crippen molar-refractivity contribution in [2.24, 2.45) is 5.73 Å². The van der Waals surface area contributed by atoms with Crippen LogP contribution in [-0.4, -0.2) is 29.1 Å². The quantitative estimate of drug-likeness (QED) is 0.506. The molecule has 0 unspecified atom stereocenters. The average Bonchev–Trinajstić information content (AvgIpc) is 2.34. The molecule has 0 fully saturated rings. The lowest BCUT2D eigenvalue weighted by Gasteiger charge is -2.32. The van der Waals surface area contributed by atoms with Crippen molar-refractivity contribution in [2.45, 2.75) is 18.0 Å². The van der Waals surface area contributed by atoms with E-state index in [9.17, 15) is 35.9 Å². The van der Waals surface area contributed by atoms with Gasteiger partial charge in [-0.05, 0) is 0 Å². The number of hydrogen-bond acceptors (Lipinski definition) is 3. The minimum absolute atomic E-state index is 0.247. The van der Waals surface area contributed by atoms with Crippen LogP contribution in [-0.2, 0) is 10.4 Å². The first-order chi connectivity index (χ1) is 9.32. The zero-order valence-electron chi connectivity index (χ0n) is 9.92. The highest BCUT2D eigenvalue weighted by Crippen LogP contribution is 2.49. The van der Waals surface area contributed by atoms with E-state index < -0.39 is 40.8 Å². The zero-order chi connectivity index (χ0) is 16.6. The molecule has 1 aromatic carbocycles. The second-order valence-corrected chi connectivity index (χ2v) is 3.98. The van der Waals surface area contributed by atoms with Gasteiger partial charge in [0.25, 0.3) is 11.5 Å². The highest BCUT2D eigenvalue weighted by atomic mass is 19.4.